The lowest BCUT2D eigenvalue weighted by molar-refractivity contribution is 0.242. The van der Waals surface area contributed by atoms with Crippen molar-refractivity contribution < 1.29 is 13.2 Å². The van der Waals surface area contributed by atoms with Gasteiger partial charge in [-0.05, 0) is 55.1 Å². The van der Waals surface area contributed by atoms with Gasteiger partial charge in [-0.3, -0.25) is 0 Å². The molecule has 0 aliphatic rings. The summed E-state index contributed by atoms with van der Waals surface area (Å²) in [6, 6.07) is 10.3. The van der Waals surface area contributed by atoms with Crippen LogP contribution in [0.1, 0.15) is 19.4 Å². The van der Waals surface area contributed by atoms with Crippen molar-refractivity contribution in [3.63, 3.8) is 0 Å². The van der Waals surface area contributed by atoms with Crippen molar-refractivity contribution in [3.05, 3.63) is 47.3 Å². The summed E-state index contributed by atoms with van der Waals surface area (Å²) in [5.41, 5.74) is 0.709. The zero-order chi connectivity index (χ0) is 14.6. The molecule has 1 aromatic carbocycles. The van der Waals surface area contributed by atoms with E-state index in [0.717, 1.165) is 17.1 Å². The van der Waals surface area contributed by atoms with Crippen molar-refractivity contribution in [2.45, 2.75) is 24.2 Å². The highest BCUT2D eigenvalue weighted by Crippen LogP contribution is 2.18. The van der Waals surface area contributed by atoms with Crippen molar-refractivity contribution >= 4 is 27.6 Å². The van der Waals surface area contributed by atoms with Gasteiger partial charge in [0.2, 0.25) is 0 Å². The van der Waals surface area contributed by atoms with Crippen LogP contribution in [0.2, 0.25) is 0 Å². The van der Waals surface area contributed by atoms with Gasteiger partial charge in [0.1, 0.15) is 9.96 Å². The maximum Gasteiger partial charge on any atom is 0.291 e. The summed E-state index contributed by atoms with van der Waals surface area (Å²) in [7, 11) is -3.59. The largest absolute Gasteiger partial charge is 0.491 e. The first kappa shape index (κ1) is 14.7. The molecule has 0 unspecified atom stereocenters. The number of ether oxygens (including phenoxy) is 1. The van der Waals surface area contributed by atoms with Crippen LogP contribution in [-0.2, 0) is 10.0 Å². The molecule has 0 aliphatic carbocycles. The van der Waals surface area contributed by atoms with Crippen molar-refractivity contribution in [1.29, 1.82) is 0 Å². The average Bonchev–Trinajstić information content (AvgIpc) is 2.92. The maximum absolute atomic E-state index is 11.9. The predicted octanol–water partition coefficient (Wildman–Crippen LogP) is 3.34. The Morgan fingerprint density at radius 3 is 2.45 bits per heavy atom. The van der Waals surface area contributed by atoms with E-state index in [1.165, 1.54) is 12.3 Å². The second-order valence-corrected chi connectivity index (χ2v) is 7.18. The van der Waals surface area contributed by atoms with Gasteiger partial charge in [-0.2, -0.15) is 12.8 Å². The molecule has 0 radical (unpaired) electrons. The Hall–Kier alpha value is -1.66. The van der Waals surface area contributed by atoms with Gasteiger partial charge in [0.25, 0.3) is 10.0 Å². The summed E-state index contributed by atoms with van der Waals surface area (Å²) in [4.78, 5) is 0. The van der Waals surface area contributed by atoms with Gasteiger partial charge in [-0.25, -0.2) is 0 Å². The Balaban J connectivity index is 2.12. The molecule has 1 aromatic heterocycles. The van der Waals surface area contributed by atoms with Crippen LogP contribution in [0.3, 0.4) is 0 Å². The second kappa shape index (κ2) is 6.19. The molecule has 4 nitrogen and oxygen atoms in total. The maximum atomic E-state index is 11.9. The average molecular weight is 309 g/mol. The standard InChI is InChI=1S/C14H15NO3S2/c1-11(2)18-13-7-5-12(6-8-13)10-15-20(16,17)14-4-3-9-19-14/h3-11H,1-2H3/b15-10-. The van der Waals surface area contributed by atoms with Gasteiger partial charge < -0.3 is 4.74 Å². The number of rotatable bonds is 5. The summed E-state index contributed by atoms with van der Waals surface area (Å²) < 4.78 is 33.2. The SMILES string of the molecule is CC(C)Oc1ccc(/C=N\S(=O)(=O)c2cccs2)cc1. The van der Waals surface area contributed by atoms with Crippen molar-refractivity contribution in [2.75, 3.05) is 0 Å². The summed E-state index contributed by atoms with van der Waals surface area (Å²) in [5, 5.41) is 1.71. The van der Waals surface area contributed by atoms with E-state index < -0.39 is 10.0 Å². The fourth-order valence-corrected chi connectivity index (χ4v) is 3.34. The summed E-state index contributed by atoms with van der Waals surface area (Å²) in [5.74, 6) is 0.748. The smallest absolute Gasteiger partial charge is 0.291 e. The molecule has 1 heterocycles. The molecule has 20 heavy (non-hydrogen) atoms. The number of sulfonamides is 1. The molecule has 6 heteroatoms. The molecule has 2 rings (SSSR count). The van der Waals surface area contributed by atoms with E-state index in [0.29, 0.717) is 5.56 Å². The zero-order valence-electron chi connectivity index (χ0n) is 11.2. The Kier molecular flexibility index (Phi) is 4.57. The first-order valence-electron chi connectivity index (χ1n) is 6.08. The highest BCUT2D eigenvalue weighted by molar-refractivity contribution is 7.92. The summed E-state index contributed by atoms with van der Waals surface area (Å²) in [6.45, 7) is 3.89. The molecular weight excluding hydrogens is 294 g/mol. The molecule has 0 spiro atoms. The third kappa shape index (κ3) is 3.91. The molecule has 2 aromatic rings. The minimum atomic E-state index is -3.59. The Labute approximate surface area is 122 Å². The van der Waals surface area contributed by atoms with E-state index in [9.17, 15) is 8.42 Å². The molecule has 0 fully saturated rings. The number of nitrogens with zero attached hydrogens (tertiary/aromatic N) is 1. The zero-order valence-corrected chi connectivity index (χ0v) is 12.8. The molecule has 106 valence electrons. The fourth-order valence-electron chi connectivity index (χ4n) is 1.50. The van der Waals surface area contributed by atoms with Gasteiger partial charge in [-0.1, -0.05) is 6.07 Å². The molecule has 0 N–H and O–H groups in total. The summed E-state index contributed by atoms with van der Waals surface area (Å²) >= 11 is 1.15. The molecule has 0 saturated heterocycles. The molecule has 0 atom stereocenters. The van der Waals surface area contributed by atoms with Crippen molar-refractivity contribution in [1.82, 2.24) is 0 Å². The molecule has 0 bridgehead atoms. The van der Waals surface area contributed by atoms with Gasteiger partial charge in [0.05, 0.1) is 6.10 Å². The van der Waals surface area contributed by atoms with Gasteiger partial charge in [0, 0.05) is 6.21 Å². The van der Waals surface area contributed by atoms with Crippen LogP contribution in [0.25, 0.3) is 0 Å². The lowest BCUT2D eigenvalue weighted by atomic mass is 10.2. The molecule has 0 saturated carbocycles. The van der Waals surface area contributed by atoms with E-state index >= 15 is 0 Å². The minimum absolute atomic E-state index is 0.105. The number of benzene rings is 1. The number of thiophene rings is 1. The van der Waals surface area contributed by atoms with E-state index in [1.54, 1.807) is 35.7 Å². The first-order valence-corrected chi connectivity index (χ1v) is 8.40. The first-order chi connectivity index (χ1) is 9.47. The van der Waals surface area contributed by atoms with Gasteiger partial charge in [-0.15, -0.1) is 11.3 Å². The van der Waals surface area contributed by atoms with Crippen molar-refractivity contribution in [3.8, 4) is 5.75 Å². The summed E-state index contributed by atoms with van der Waals surface area (Å²) in [6.07, 6.45) is 1.45. The molecule has 0 aliphatic heterocycles. The minimum Gasteiger partial charge on any atom is -0.491 e. The lowest BCUT2D eigenvalue weighted by Crippen LogP contribution is -2.05. The third-order valence-electron chi connectivity index (χ3n) is 2.34. The van der Waals surface area contributed by atoms with Crippen LogP contribution in [0, 0.1) is 0 Å². The second-order valence-electron chi connectivity index (χ2n) is 4.38. The quantitative estimate of drug-likeness (QED) is 0.796. The van der Waals surface area contributed by atoms with Crippen LogP contribution in [-0.4, -0.2) is 20.7 Å². The van der Waals surface area contributed by atoms with Crippen LogP contribution in [0.5, 0.6) is 5.75 Å². The number of hydrogen-bond donors (Lipinski definition) is 0. The van der Waals surface area contributed by atoms with E-state index in [2.05, 4.69) is 4.40 Å². The predicted molar refractivity (Wildman–Crippen MR) is 81.3 cm³/mol. The van der Waals surface area contributed by atoms with Crippen LogP contribution < -0.4 is 4.74 Å². The lowest BCUT2D eigenvalue weighted by Gasteiger charge is -2.08. The van der Waals surface area contributed by atoms with Crippen LogP contribution >= 0.6 is 11.3 Å². The topological polar surface area (TPSA) is 55.7 Å². The monoisotopic (exact) mass is 309 g/mol. The Bertz CT molecular complexity index is 672. The molecule has 0 amide bonds. The Morgan fingerprint density at radius 2 is 1.90 bits per heavy atom. The highest BCUT2D eigenvalue weighted by atomic mass is 32.2. The normalized spacial score (nSPS) is 12.2. The van der Waals surface area contributed by atoms with Crippen LogP contribution in [0.15, 0.2) is 50.4 Å². The highest BCUT2D eigenvalue weighted by Gasteiger charge is 2.12. The van der Waals surface area contributed by atoms with E-state index in [1.807, 2.05) is 13.8 Å². The Morgan fingerprint density at radius 1 is 1.20 bits per heavy atom. The third-order valence-corrected chi connectivity index (χ3v) is 4.95. The number of hydrogen-bond acceptors (Lipinski definition) is 4. The van der Waals surface area contributed by atoms with Crippen LogP contribution in [0.4, 0.5) is 0 Å². The van der Waals surface area contributed by atoms with E-state index in [4.69, 9.17) is 4.74 Å². The fraction of sp³-hybridized carbons (Fsp3) is 0.214. The van der Waals surface area contributed by atoms with E-state index in [-0.39, 0.29) is 10.3 Å². The van der Waals surface area contributed by atoms with Gasteiger partial charge >= 0.3 is 0 Å². The molecular formula is C14H15NO3S2. The van der Waals surface area contributed by atoms with Crippen molar-refractivity contribution in [2.24, 2.45) is 4.40 Å². The van der Waals surface area contributed by atoms with Gasteiger partial charge in [0.15, 0.2) is 0 Å².